The number of aliphatic carboxylic acids is 1. The fourth-order valence-electron chi connectivity index (χ4n) is 5.65. The summed E-state index contributed by atoms with van der Waals surface area (Å²) in [6, 6.07) is 3.39. The van der Waals surface area contributed by atoms with E-state index in [1.807, 2.05) is 19.1 Å². The van der Waals surface area contributed by atoms with E-state index in [2.05, 4.69) is 10.2 Å². The zero-order valence-electron chi connectivity index (χ0n) is 18.3. The van der Waals surface area contributed by atoms with Crippen molar-refractivity contribution in [3.63, 3.8) is 0 Å². The Hall–Kier alpha value is -2.54. The number of pyridine rings is 1. The van der Waals surface area contributed by atoms with Crippen molar-refractivity contribution in [2.75, 3.05) is 38.7 Å². The standard InChI is InChI=1S/C24H31N3O4/c1-14-15-6-7-16-17-12-19(30-2)20(31-11-5-10-27-8-3-4-9-27)13-18(17)25-23(21(15)16)26-22(14)24(28)29/h12-15,22H,3-11H2,1-2H3,(H,25,26)(H,28,29). The van der Waals surface area contributed by atoms with Crippen LogP contribution in [0.5, 0.6) is 11.5 Å². The Morgan fingerprint density at radius 3 is 2.84 bits per heavy atom. The summed E-state index contributed by atoms with van der Waals surface area (Å²) < 4.78 is 11.7. The zero-order valence-corrected chi connectivity index (χ0v) is 18.3. The normalized spacial score (nSPS) is 24.8. The summed E-state index contributed by atoms with van der Waals surface area (Å²) in [5, 5.41) is 13.9. The first-order valence-corrected chi connectivity index (χ1v) is 11.5. The highest BCUT2D eigenvalue weighted by Gasteiger charge is 2.42. The maximum Gasteiger partial charge on any atom is 0.326 e. The van der Waals surface area contributed by atoms with Gasteiger partial charge in [-0.2, -0.15) is 0 Å². The van der Waals surface area contributed by atoms with Gasteiger partial charge in [0.15, 0.2) is 11.5 Å². The lowest BCUT2D eigenvalue weighted by Gasteiger charge is -2.34. The summed E-state index contributed by atoms with van der Waals surface area (Å²) in [4.78, 5) is 19.1. The molecule has 0 amide bonds. The van der Waals surface area contributed by atoms with Gasteiger partial charge in [-0.15, -0.1) is 0 Å². The highest BCUT2D eigenvalue weighted by molar-refractivity contribution is 5.91. The quantitative estimate of drug-likeness (QED) is 0.655. The van der Waals surface area contributed by atoms with Crippen LogP contribution in [0.25, 0.3) is 10.9 Å². The maximum absolute atomic E-state index is 11.8. The van der Waals surface area contributed by atoms with Crippen molar-refractivity contribution in [3.05, 3.63) is 23.3 Å². The van der Waals surface area contributed by atoms with Crippen LogP contribution in [0.2, 0.25) is 0 Å². The number of fused-ring (bicyclic) bond motifs is 2. The second-order valence-corrected chi connectivity index (χ2v) is 9.09. The molecule has 3 unspecified atom stereocenters. The highest BCUT2D eigenvalue weighted by Crippen LogP contribution is 2.50. The van der Waals surface area contributed by atoms with Crippen LogP contribution in [-0.2, 0) is 11.2 Å². The average molecular weight is 426 g/mol. The van der Waals surface area contributed by atoms with Gasteiger partial charge in [0.05, 0.1) is 19.2 Å². The first-order valence-electron chi connectivity index (χ1n) is 11.5. The molecule has 3 aliphatic rings. The van der Waals surface area contributed by atoms with Gasteiger partial charge < -0.3 is 24.8 Å². The average Bonchev–Trinajstić information content (AvgIpc) is 3.44. The third-order valence-electron chi connectivity index (χ3n) is 7.29. The molecule has 1 aromatic carbocycles. The molecule has 31 heavy (non-hydrogen) atoms. The van der Waals surface area contributed by atoms with Crippen LogP contribution in [0, 0.1) is 5.92 Å². The number of benzene rings is 1. The summed E-state index contributed by atoms with van der Waals surface area (Å²) in [7, 11) is 1.67. The van der Waals surface area contributed by atoms with Gasteiger partial charge in [0.1, 0.15) is 11.9 Å². The van der Waals surface area contributed by atoms with Crippen LogP contribution in [0.15, 0.2) is 12.1 Å². The second kappa shape index (κ2) is 8.19. The number of nitrogens with one attached hydrogen (secondary N) is 1. The topological polar surface area (TPSA) is 83.9 Å². The molecule has 3 atom stereocenters. The summed E-state index contributed by atoms with van der Waals surface area (Å²) in [6.07, 6.45) is 5.48. The van der Waals surface area contributed by atoms with E-state index in [0.717, 1.165) is 48.3 Å². The lowest BCUT2D eigenvalue weighted by Crippen LogP contribution is -2.42. The van der Waals surface area contributed by atoms with E-state index in [9.17, 15) is 9.90 Å². The number of nitrogens with zero attached hydrogens (tertiary/aromatic N) is 2. The van der Waals surface area contributed by atoms with Crippen LogP contribution in [0.1, 0.15) is 49.7 Å². The summed E-state index contributed by atoms with van der Waals surface area (Å²) in [5.41, 5.74) is 3.29. The minimum absolute atomic E-state index is 0.0330. The Labute approximate surface area is 182 Å². The van der Waals surface area contributed by atoms with E-state index in [1.165, 1.54) is 37.1 Å². The molecule has 2 aromatic rings. The van der Waals surface area contributed by atoms with Gasteiger partial charge in [0.25, 0.3) is 0 Å². The fraction of sp³-hybridized carbons (Fsp3) is 0.583. The van der Waals surface area contributed by atoms with Crippen LogP contribution < -0.4 is 14.8 Å². The van der Waals surface area contributed by atoms with Gasteiger partial charge in [-0.05, 0) is 68.7 Å². The minimum atomic E-state index is -0.815. The molecule has 0 saturated carbocycles. The van der Waals surface area contributed by atoms with Crippen LogP contribution >= 0.6 is 0 Å². The molecule has 1 saturated heterocycles. The van der Waals surface area contributed by atoms with Crippen molar-refractivity contribution in [1.82, 2.24) is 9.88 Å². The van der Waals surface area contributed by atoms with Crippen molar-refractivity contribution in [3.8, 4) is 11.5 Å². The number of carbonyl (C=O) groups is 1. The molecular weight excluding hydrogens is 394 g/mol. The molecule has 3 heterocycles. The molecule has 1 aromatic heterocycles. The number of anilines is 1. The van der Waals surface area contributed by atoms with E-state index < -0.39 is 12.0 Å². The monoisotopic (exact) mass is 425 g/mol. The lowest BCUT2D eigenvalue weighted by molar-refractivity contribution is -0.139. The first-order chi connectivity index (χ1) is 15.1. The molecule has 0 spiro atoms. The molecule has 2 aliphatic heterocycles. The van der Waals surface area contributed by atoms with Crippen LogP contribution in [0.3, 0.4) is 0 Å². The summed E-state index contributed by atoms with van der Waals surface area (Å²) in [6.45, 7) is 6.11. The van der Waals surface area contributed by atoms with Gasteiger partial charge >= 0.3 is 5.97 Å². The van der Waals surface area contributed by atoms with Crippen LogP contribution in [0.4, 0.5) is 5.82 Å². The molecular formula is C24H31N3O4. The molecule has 5 rings (SSSR count). The van der Waals surface area contributed by atoms with Crippen molar-refractivity contribution in [2.24, 2.45) is 5.92 Å². The van der Waals surface area contributed by atoms with Crippen molar-refractivity contribution >= 4 is 22.7 Å². The Morgan fingerprint density at radius 2 is 2.10 bits per heavy atom. The van der Waals surface area contributed by atoms with Crippen molar-refractivity contribution in [1.29, 1.82) is 0 Å². The second-order valence-electron chi connectivity index (χ2n) is 9.09. The smallest absolute Gasteiger partial charge is 0.326 e. The van der Waals surface area contributed by atoms with Crippen LogP contribution in [-0.4, -0.2) is 60.4 Å². The number of aromatic nitrogens is 1. The number of carboxylic acid groups (broad SMARTS) is 1. The molecule has 2 N–H and O–H groups in total. The predicted molar refractivity (Wildman–Crippen MR) is 119 cm³/mol. The number of aryl methyl sites for hydroxylation is 1. The Morgan fingerprint density at radius 1 is 1.29 bits per heavy atom. The van der Waals surface area contributed by atoms with E-state index in [1.54, 1.807) is 7.11 Å². The summed E-state index contributed by atoms with van der Waals surface area (Å²) >= 11 is 0. The van der Waals surface area contributed by atoms with Crippen molar-refractivity contribution in [2.45, 2.75) is 51.0 Å². The number of carboxylic acids is 1. The fourth-order valence-corrected chi connectivity index (χ4v) is 5.65. The van der Waals surface area contributed by atoms with Gasteiger partial charge in [-0.1, -0.05) is 6.92 Å². The van der Waals surface area contributed by atoms with E-state index in [-0.39, 0.29) is 11.8 Å². The SMILES string of the molecule is COc1cc2c3c4c(nc2cc1OCCCN1CCCC1)NC(C(=O)O)C(C)C4CC3. The molecule has 7 nitrogen and oxygen atoms in total. The third-order valence-corrected chi connectivity index (χ3v) is 7.29. The number of rotatable bonds is 7. The Balaban J connectivity index is 1.43. The van der Waals surface area contributed by atoms with Gasteiger partial charge in [-0.3, -0.25) is 0 Å². The third kappa shape index (κ3) is 3.59. The van der Waals surface area contributed by atoms with E-state index >= 15 is 0 Å². The van der Waals surface area contributed by atoms with E-state index in [4.69, 9.17) is 14.5 Å². The highest BCUT2D eigenvalue weighted by atomic mass is 16.5. The van der Waals surface area contributed by atoms with Gasteiger partial charge in [-0.25, -0.2) is 9.78 Å². The van der Waals surface area contributed by atoms with Crippen molar-refractivity contribution < 1.29 is 19.4 Å². The molecule has 0 radical (unpaired) electrons. The first kappa shape index (κ1) is 20.4. The van der Waals surface area contributed by atoms with Gasteiger partial charge in [0, 0.05) is 23.6 Å². The number of methoxy groups -OCH3 is 1. The van der Waals surface area contributed by atoms with Gasteiger partial charge in [0.2, 0.25) is 0 Å². The number of hydrogen-bond donors (Lipinski definition) is 2. The number of likely N-dealkylation sites (tertiary alicyclic amines) is 1. The zero-order chi connectivity index (χ0) is 21.5. The summed E-state index contributed by atoms with van der Waals surface area (Å²) in [5.74, 6) is 1.60. The molecule has 1 fully saturated rings. The molecule has 1 aliphatic carbocycles. The predicted octanol–water partition coefficient (Wildman–Crippen LogP) is 3.65. The lowest BCUT2D eigenvalue weighted by atomic mass is 9.80. The molecule has 0 bridgehead atoms. The molecule has 166 valence electrons. The number of ether oxygens (including phenoxy) is 2. The van der Waals surface area contributed by atoms with E-state index in [0.29, 0.717) is 12.4 Å². The minimum Gasteiger partial charge on any atom is -0.493 e. The maximum atomic E-state index is 11.8. The number of hydrogen-bond acceptors (Lipinski definition) is 6. The Kier molecular flexibility index (Phi) is 5.38. The molecule has 7 heteroatoms. The Bertz CT molecular complexity index is 1000. The largest absolute Gasteiger partial charge is 0.493 e.